The molecule has 1 atom stereocenters. The highest BCUT2D eigenvalue weighted by molar-refractivity contribution is 7.89. The lowest BCUT2D eigenvalue weighted by Crippen LogP contribution is -2.57. The molecule has 2 aromatic rings. The van der Waals surface area contributed by atoms with Crippen molar-refractivity contribution in [1.29, 1.82) is 0 Å². The lowest BCUT2D eigenvalue weighted by atomic mass is 9.85. The van der Waals surface area contributed by atoms with Crippen LogP contribution >= 0.6 is 0 Å². The number of hydrogen-bond donors (Lipinski definition) is 2. The summed E-state index contributed by atoms with van der Waals surface area (Å²) in [6, 6.07) is 13.1. The second-order valence-corrected chi connectivity index (χ2v) is 9.62. The molecule has 9 heteroatoms. The van der Waals surface area contributed by atoms with E-state index in [2.05, 4.69) is 14.9 Å². The molecule has 8 nitrogen and oxygen atoms in total. The number of piperidine rings is 3. The van der Waals surface area contributed by atoms with Gasteiger partial charge in [-0.15, -0.1) is 0 Å². The fourth-order valence-corrected chi connectivity index (χ4v) is 5.40. The van der Waals surface area contributed by atoms with E-state index in [9.17, 15) is 13.2 Å². The first kappa shape index (κ1) is 21.6. The summed E-state index contributed by atoms with van der Waals surface area (Å²) in [6.07, 6.45) is 2.08. The van der Waals surface area contributed by atoms with Gasteiger partial charge in [0, 0.05) is 18.3 Å². The lowest BCUT2D eigenvalue weighted by molar-refractivity contribution is -0.118. The molecule has 0 radical (unpaired) electrons. The van der Waals surface area contributed by atoms with Crippen molar-refractivity contribution in [3.05, 3.63) is 48.5 Å². The molecule has 3 heterocycles. The minimum atomic E-state index is -3.60. The fourth-order valence-electron chi connectivity index (χ4n) is 4.10. The number of carbonyl (C=O) groups excluding carboxylic acids is 1. The number of rotatable bonds is 8. The Labute approximate surface area is 182 Å². The molecule has 3 aliphatic rings. The summed E-state index contributed by atoms with van der Waals surface area (Å²) in [5.74, 6) is 1.33. The van der Waals surface area contributed by atoms with Gasteiger partial charge in [0.2, 0.25) is 10.0 Å². The molecule has 3 fully saturated rings. The molecule has 1 amide bonds. The number of methoxy groups -OCH3 is 1. The molecule has 5 rings (SSSR count). The van der Waals surface area contributed by atoms with Gasteiger partial charge >= 0.3 is 0 Å². The van der Waals surface area contributed by atoms with Gasteiger partial charge in [0.25, 0.3) is 5.91 Å². The number of anilines is 1. The predicted octanol–water partition coefficient (Wildman–Crippen LogP) is 2.09. The maximum Gasteiger partial charge on any atom is 0.262 e. The highest BCUT2D eigenvalue weighted by Gasteiger charge is 2.36. The molecule has 0 aliphatic carbocycles. The zero-order valence-corrected chi connectivity index (χ0v) is 18.2. The molecule has 2 N–H and O–H groups in total. The number of amides is 1. The van der Waals surface area contributed by atoms with Gasteiger partial charge in [-0.2, -0.15) is 0 Å². The Bertz CT molecular complexity index is 1000. The summed E-state index contributed by atoms with van der Waals surface area (Å²) in [7, 11) is -2.03. The van der Waals surface area contributed by atoms with Crippen LogP contribution in [0.2, 0.25) is 0 Å². The first-order chi connectivity index (χ1) is 14.9. The Morgan fingerprint density at radius 1 is 1.03 bits per heavy atom. The zero-order chi connectivity index (χ0) is 21.8. The minimum Gasteiger partial charge on any atom is -0.497 e. The van der Waals surface area contributed by atoms with Crippen LogP contribution in [0.5, 0.6) is 11.5 Å². The number of hydrogen-bond acceptors (Lipinski definition) is 6. The summed E-state index contributed by atoms with van der Waals surface area (Å²) in [5, 5.41) is 2.71. The molecule has 2 aromatic carbocycles. The third-order valence-electron chi connectivity index (χ3n) is 5.84. The highest BCUT2D eigenvalue weighted by Crippen LogP contribution is 2.28. The molecule has 0 aromatic heterocycles. The van der Waals surface area contributed by atoms with E-state index in [-0.39, 0.29) is 23.5 Å². The lowest BCUT2D eigenvalue weighted by Gasteiger charge is -2.44. The molecule has 31 heavy (non-hydrogen) atoms. The highest BCUT2D eigenvalue weighted by atomic mass is 32.2. The number of benzene rings is 2. The number of nitrogens with one attached hydrogen (secondary N) is 2. The number of carbonyl (C=O) groups is 1. The van der Waals surface area contributed by atoms with Crippen molar-refractivity contribution in [1.82, 2.24) is 9.62 Å². The number of fused-ring (bicyclic) bond motifs is 3. The van der Waals surface area contributed by atoms with Crippen LogP contribution in [-0.4, -0.2) is 58.6 Å². The molecule has 166 valence electrons. The van der Waals surface area contributed by atoms with Gasteiger partial charge < -0.3 is 19.7 Å². The van der Waals surface area contributed by atoms with Crippen molar-refractivity contribution < 1.29 is 22.7 Å². The van der Waals surface area contributed by atoms with Crippen molar-refractivity contribution in [3.8, 4) is 11.5 Å². The second-order valence-electron chi connectivity index (χ2n) is 7.90. The van der Waals surface area contributed by atoms with Gasteiger partial charge in [0.1, 0.15) is 11.5 Å². The van der Waals surface area contributed by atoms with Crippen LogP contribution < -0.4 is 19.5 Å². The van der Waals surface area contributed by atoms with E-state index < -0.39 is 10.0 Å². The third-order valence-corrected chi connectivity index (χ3v) is 7.35. The number of ether oxygens (including phenoxy) is 2. The van der Waals surface area contributed by atoms with Crippen LogP contribution in [0.15, 0.2) is 53.4 Å². The monoisotopic (exact) mass is 445 g/mol. The minimum absolute atomic E-state index is 0.0398. The van der Waals surface area contributed by atoms with E-state index >= 15 is 0 Å². The van der Waals surface area contributed by atoms with Crippen LogP contribution in [0.25, 0.3) is 0 Å². The standard InChI is InChI=1S/C22H27N3O5S/c1-29-18-4-6-19(7-5-18)30-15-22(26)23-17-2-8-20(9-3-17)31(27,28)24-21-14-25-12-10-16(21)11-13-25/h2-9,16,21,24H,10-15H2,1H3,(H,23,26). The molecule has 0 saturated carbocycles. The van der Waals surface area contributed by atoms with E-state index in [0.717, 1.165) is 32.5 Å². The molecule has 2 bridgehead atoms. The van der Waals surface area contributed by atoms with Crippen molar-refractivity contribution in [2.45, 2.75) is 23.8 Å². The van der Waals surface area contributed by atoms with Gasteiger partial charge in [-0.3, -0.25) is 4.79 Å². The van der Waals surface area contributed by atoms with Crippen molar-refractivity contribution in [2.75, 3.05) is 38.7 Å². The first-order valence-electron chi connectivity index (χ1n) is 10.3. The van der Waals surface area contributed by atoms with E-state index in [1.54, 1.807) is 43.5 Å². The quantitative estimate of drug-likeness (QED) is 0.646. The topological polar surface area (TPSA) is 97.0 Å². The van der Waals surface area contributed by atoms with Gasteiger partial charge in [-0.05, 0) is 80.4 Å². The Kier molecular flexibility index (Phi) is 6.45. The molecular formula is C22H27N3O5S. The molecule has 3 saturated heterocycles. The van der Waals surface area contributed by atoms with Crippen LogP contribution in [-0.2, 0) is 14.8 Å². The first-order valence-corrected chi connectivity index (χ1v) is 11.8. The summed E-state index contributed by atoms with van der Waals surface area (Å²) < 4.78 is 38.9. The summed E-state index contributed by atoms with van der Waals surface area (Å²) in [5.41, 5.74) is 0.505. The van der Waals surface area contributed by atoms with Crippen molar-refractivity contribution in [3.63, 3.8) is 0 Å². The molecular weight excluding hydrogens is 418 g/mol. The van der Waals surface area contributed by atoms with Crippen LogP contribution in [0.3, 0.4) is 0 Å². The predicted molar refractivity (Wildman–Crippen MR) is 117 cm³/mol. The number of sulfonamides is 1. The zero-order valence-electron chi connectivity index (χ0n) is 17.4. The van der Waals surface area contributed by atoms with Gasteiger partial charge in [0.05, 0.1) is 12.0 Å². The van der Waals surface area contributed by atoms with E-state index in [4.69, 9.17) is 9.47 Å². The average Bonchev–Trinajstić information content (AvgIpc) is 2.79. The fraction of sp³-hybridized carbons (Fsp3) is 0.409. The Balaban J connectivity index is 1.30. The maximum atomic E-state index is 12.8. The largest absolute Gasteiger partial charge is 0.497 e. The summed E-state index contributed by atoms with van der Waals surface area (Å²) in [6.45, 7) is 2.72. The van der Waals surface area contributed by atoms with E-state index in [0.29, 0.717) is 23.1 Å². The van der Waals surface area contributed by atoms with E-state index in [1.807, 2.05) is 0 Å². The van der Waals surface area contributed by atoms with Crippen molar-refractivity contribution >= 4 is 21.6 Å². The van der Waals surface area contributed by atoms with Crippen LogP contribution in [0.4, 0.5) is 5.69 Å². The summed E-state index contributed by atoms with van der Waals surface area (Å²) >= 11 is 0. The van der Waals surface area contributed by atoms with Crippen molar-refractivity contribution in [2.24, 2.45) is 5.92 Å². The normalized spacial score (nSPS) is 22.7. The van der Waals surface area contributed by atoms with Gasteiger partial charge in [-0.25, -0.2) is 13.1 Å². The average molecular weight is 446 g/mol. The maximum absolute atomic E-state index is 12.8. The molecule has 0 spiro atoms. The Morgan fingerprint density at radius 2 is 1.68 bits per heavy atom. The molecule has 1 unspecified atom stereocenters. The van der Waals surface area contributed by atoms with E-state index in [1.165, 1.54) is 12.1 Å². The SMILES string of the molecule is COc1ccc(OCC(=O)Nc2ccc(S(=O)(=O)NC3CN4CCC3CC4)cc2)cc1. The van der Waals surface area contributed by atoms with Gasteiger partial charge in [0.15, 0.2) is 6.61 Å². The Hall–Kier alpha value is -2.62. The van der Waals surface area contributed by atoms with Crippen LogP contribution in [0.1, 0.15) is 12.8 Å². The van der Waals surface area contributed by atoms with Crippen LogP contribution in [0, 0.1) is 5.92 Å². The van der Waals surface area contributed by atoms with Gasteiger partial charge in [-0.1, -0.05) is 0 Å². The Morgan fingerprint density at radius 3 is 2.26 bits per heavy atom. The second kappa shape index (κ2) is 9.25. The molecule has 3 aliphatic heterocycles. The number of nitrogens with zero attached hydrogens (tertiary/aromatic N) is 1. The third kappa shape index (κ3) is 5.36. The smallest absolute Gasteiger partial charge is 0.262 e. The summed E-state index contributed by atoms with van der Waals surface area (Å²) in [4.78, 5) is 14.6.